The van der Waals surface area contributed by atoms with E-state index in [9.17, 15) is 18.0 Å². The number of alkyl carbamates (subject to hydrolysis) is 1. The van der Waals surface area contributed by atoms with Crippen LogP contribution in [0.15, 0.2) is 23.1 Å². The number of nitrogens with zero attached hydrogens (tertiary/aromatic N) is 1. The Balaban J connectivity index is 2.13. The molecular weight excluding hydrogens is 394 g/mol. The van der Waals surface area contributed by atoms with Gasteiger partial charge in [0.25, 0.3) is 0 Å². The Bertz CT molecular complexity index is 839. The van der Waals surface area contributed by atoms with Crippen LogP contribution in [0.5, 0.6) is 0 Å². The van der Waals surface area contributed by atoms with Gasteiger partial charge in [-0.3, -0.25) is 4.79 Å². The zero-order valence-electron chi connectivity index (χ0n) is 17.5. The van der Waals surface area contributed by atoms with Crippen LogP contribution in [0.4, 0.5) is 10.5 Å². The number of aryl methyl sites for hydroxylation is 1. The van der Waals surface area contributed by atoms with Crippen molar-refractivity contribution >= 4 is 27.7 Å². The molecule has 1 heterocycles. The molecule has 29 heavy (non-hydrogen) atoms. The van der Waals surface area contributed by atoms with Gasteiger partial charge in [0.05, 0.1) is 11.5 Å². The SMILES string of the molecule is CCOC(=O)NC(CNS(=O)(=O)c1ccc2c(c1)CCCN2C(C)=O)CC(C)C. The lowest BCUT2D eigenvalue weighted by atomic mass is 10.0. The summed E-state index contributed by atoms with van der Waals surface area (Å²) in [6.45, 7) is 8.17. The molecule has 0 bridgehead atoms. The third-order valence-corrected chi connectivity index (χ3v) is 6.15. The van der Waals surface area contributed by atoms with E-state index in [0.717, 1.165) is 24.1 Å². The highest BCUT2D eigenvalue weighted by molar-refractivity contribution is 7.89. The van der Waals surface area contributed by atoms with Gasteiger partial charge in [-0.05, 0) is 55.9 Å². The summed E-state index contributed by atoms with van der Waals surface area (Å²) in [4.78, 5) is 25.4. The van der Waals surface area contributed by atoms with E-state index in [0.29, 0.717) is 13.0 Å². The largest absolute Gasteiger partial charge is 0.450 e. The first-order chi connectivity index (χ1) is 13.6. The van der Waals surface area contributed by atoms with Gasteiger partial charge < -0.3 is 15.0 Å². The highest BCUT2D eigenvalue weighted by atomic mass is 32.2. The van der Waals surface area contributed by atoms with Gasteiger partial charge in [-0.15, -0.1) is 0 Å². The molecule has 8 nitrogen and oxygen atoms in total. The van der Waals surface area contributed by atoms with Crippen molar-refractivity contribution in [3.8, 4) is 0 Å². The molecule has 0 saturated carbocycles. The Morgan fingerprint density at radius 3 is 2.62 bits per heavy atom. The number of rotatable bonds is 8. The number of carbonyl (C=O) groups is 2. The second kappa shape index (κ2) is 10.1. The molecule has 2 rings (SSSR count). The lowest BCUT2D eigenvalue weighted by Crippen LogP contribution is -2.44. The third kappa shape index (κ3) is 6.43. The van der Waals surface area contributed by atoms with Crippen LogP contribution in [0.25, 0.3) is 0 Å². The molecule has 1 atom stereocenters. The molecule has 0 saturated heterocycles. The average molecular weight is 426 g/mol. The third-order valence-electron chi connectivity index (χ3n) is 4.73. The van der Waals surface area contributed by atoms with E-state index in [4.69, 9.17) is 4.74 Å². The van der Waals surface area contributed by atoms with Crippen LogP contribution in [0.1, 0.15) is 46.1 Å². The molecule has 2 amide bonds. The number of carbonyl (C=O) groups excluding carboxylic acids is 2. The highest BCUT2D eigenvalue weighted by Gasteiger charge is 2.24. The number of amides is 2. The first kappa shape index (κ1) is 23.2. The minimum atomic E-state index is -3.76. The van der Waals surface area contributed by atoms with Crippen LogP contribution in [-0.2, 0) is 26.0 Å². The van der Waals surface area contributed by atoms with Gasteiger partial charge in [0.15, 0.2) is 0 Å². The van der Waals surface area contributed by atoms with Gasteiger partial charge in [-0.25, -0.2) is 17.9 Å². The van der Waals surface area contributed by atoms with E-state index in [-0.39, 0.29) is 35.9 Å². The van der Waals surface area contributed by atoms with Crippen molar-refractivity contribution in [2.45, 2.75) is 57.9 Å². The van der Waals surface area contributed by atoms with Crippen LogP contribution in [0.2, 0.25) is 0 Å². The van der Waals surface area contributed by atoms with Crippen LogP contribution in [-0.4, -0.2) is 46.2 Å². The average Bonchev–Trinajstić information content (AvgIpc) is 2.65. The van der Waals surface area contributed by atoms with E-state index in [1.54, 1.807) is 24.0 Å². The Labute approximate surface area is 173 Å². The number of anilines is 1. The summed E-state index contributed by atoms with van der Waals surface area (Å²) in [6, 6.07) is 4.45. The van der Waals surface area contributed by atoms with Gasteiger partial charge in [0, 0.05) is 31.7 Å². The molecule has 0 radical (unpaired) electrons. The Morgan fingerprint density at radius 2 is 2.00 bits per heavy atom. The van der Waals surface area contributed by atoms with Crippen LogP contribution in [0.3, 0.4) is 0 Å². The second-order valence-corrected chi connectivity index (χ2v) is 9.37. The summed E-state index contributed by atoms with van der Waals surface area (Å²) in [6.07, 6.45) is 1.57. The van der Waals surface area contributed by atoms with E-state index in [2.05, 4.69) is 10.0 Å². The fourth-order valence-corrected chi connectivity index (χ4v) is 4.59. The maximum Gasteiger partial charge on any atom is 0.407 e. The van der Waals surface area contributed by atoms with E-state index in [1.807, 2.05) is 13.8 Å². The van der Waals surface area contributed by atoms with E-state index in [1.165, 1.54) is 13.0 Å². The molecule has 2 N–H and O–H groups in total. The molecule has 0 spiro atoms. The molecule has 0 aromatic heterocycles. The lowest BCUT2D eigenvalue weighted by molar-refractivity contribution is -0.116. The van der Waals surface area contributed by atoms with Gasteiger partial charge >= 0.3 is 6.09 Å². The van der Waals surface area contributed by atoms with Gasteiger partial charge in [-0.2, -0.15) is 0 Å². The topological polar surface area (TPSA) is 105 Å². The first-order valence-electron chi connectivity index (χ1n) is 9.98. The van der Waals surface area contributed by atoms with Crippen molar-refractivity contribution in [2.24, 2.45) is 5.92 Å². The molecule has 162 valence electrons. The molecule has 0 fully saturated rings. The predicted molar refractivity (Wildman–Crippen MR) is 111 cm³/mol. The van der Waals surface area contributed by atoms with Crippen LogP contribution >= 0.6 is 0 Å². The molecule has 9 heteroatoms. The van der Waals surface area contributed by atoms with E-state index >= 15 is 0 Å². The first-order valence-corrected chi connectivity index (χ1v) is 11.5. The standard InChI is InChI=1S/C20H31N3O5S/c1-5-28-20(25)22-17(11-14(2)3)13-21-29(26,27)18-8-9-19-16(12-18)7-6-10-23(19)15(4)24/h8-9,12,14,17,21H,5-7,10-11,13H2,1-4H3,(H,22,25). The Morgan fingerprint density at radius 1 is 1.28 bits per heavy atom. The number of ether oxygens (including phenoxy) is 1. The maximum atomic E-state index is 12.8. The number of nitrogens with one attached hydrogen (secondary N) is 2. The van der Waals surface area contributed by atoms with Crippen molar-refractivity contribution in [3.63, 3.8) is 0 Å². The monoisotopic (exact) mass is 425 g/mol. The summed E-state index contributed by atoms with van der Waals surface area (Å²) in [5.74, 6) is 0.217. The van der Waals surface area contributed by atoms with Gasteiger partial charge in [-0.1, -0.05) is 13.8 Å². The van der Waals surface area contributed by atoms with Gasteiger partial charge in [0.2, 0.25) is 15.9 Å². The highest BCUT2D eigenvalue weighted by Crippen LogP contribution is 2.29. The van der Waals surface area contributed by atoms with Crippen molar-refractivity contribution < 1.29 is 22.7 Å². The second-order valence-electron chi connectivity index (χ2n) is 7.61. The number of hydrogen-bond acceptors (Lipinski definition) is 5. The fourth-order valence-electron chi connectivity index (χ4n) is 3.46. The summed E-state index contributed by atoms with van der Waals surface area (Å²) in [5, 5.41) is 2.71. The summed E-state index contributed by atoms with van der Waals surface area (Å²) in [7, 11) is -3.76. The zero-order valence-corrected chi connectivity index (χ0v) is 18.3. The number of fused-ring (bicyclic) bond motifs is 1. The lowest BCUT2D eigenvalue weighted by Gasteiger charge is -2.29. The molecule has 1 aliphatic rings. The minimum Gasteiger partial charge on any atom is -0.450 e. The molecular formula is C20H31N3O5S. The molecule has 1 aromatic rings. The van der Waals surface area contributed by atoms with Crippen molar-refractivity contribution in [1.82, 2.24) is 10.0 Å². The molecule has 0 aliphatic carbocycles. The minimum absolute atomic E-state index is 0.0544. The number of hydrogen-bond donors (Lipinski definition) is 2. The molecule has 1 aliphatic heterocycles. The fraction of sp³-hybridized carbons (Fsp3) is 0.600. The van der Waals surface area contributed by atoms with Crippen molar-refractivity contribution in [2.75, 3.05) is 24.6 Å². The van der Waals surface area contributed by atoms with Crippen LogP contribution in [0, 0.1) is 5.92 Å². The number of sulfonamides is 1. The predicted octanol–water partition coefficient (Wildman–Crippen LogP) is 2.42. The van der Waals surface area contributed by atoms with Crippen LogP contribution < -0.4 is 14.9 Å². The van der Waals surface area contributed by atoms with E-state index < -0.39 is 16.1 Å². The van der Waals surface area contributed by atoms with Crippen molar-refractivity contribution in [1.29, 1.82) is 0 Å². The summed E-state index contributed by atoms with van der Waals surface area (Å²) in [5.41, 5.74) is 1.61. The Kier molecular flexibility index (Phi) is 8.04. The smallest absolute Gasteiger partial charge is 0.407 e. The summed E-state index contributed by atoms with van der Waals surface area (Å²) < 4.78 is 33.1. The Hall–Kier alpha value is -2.13. The number of benzene rings is 1. The maximum absolute atomic E-state index is 12.8. The van der Waals surface area contributed by atoms with Gasteiger partial charge in [0.1, 0.15) is 0 Å². The molecule has 1 aromatic carbocycles. The zero-order chi connectivity index (χ0) is 21.6. The quantitative estimate of drug-likeness (QED) is 0.666. The van der Waals surface area contributed by atoms with Crippen molar-refractivity contribution in [3.05, 3.63) is 23.8 Å². The molecule has 1 unspecified atom stereocenters. The normalized spacial score (nSPS) is 15.0. The summed E-state index contributed by atoms with van der Waals surface area (Å²) >= 11 is 0.